The molecule has 1 saturated heterocycles. The molecule has 1 fully saturated rings. The van der Waals surface area contributed by atoms with Crippen LogP contribution in [0.15, 0.2) is 135 Å². The number of anilines is 3. The zero-order chi connectivity index (χ0) is 66.8. The molecule has 0 spiro atoms. The van der Waals surface area contributed by atoms with Gasteiger partial charge in [0.25, 0.3) is 5.91 Å². The van der Waals surface area contributed by atoms with Gasteiger partial charge in [0, 0.05) is 157 Å². The van der Waals surface area contributed by atoms with E-state index in [0.717, 1.165) is 95.7 Å². The molecule has 0 radical (unpaired) electrons. The highest BCUT2D eigenvalue weighted by Crippen LogP contribution is 2.36. The number of carboxylic acid groups (broad SMARTS) is 1. The number of aliphatic hydroxyl groups excluding tert-OH is 1. The third-order valence-corrected chi connectivity index (χ3v) is 17.4. The molecule has 4 aliphatic rings. The standard InChI is InChI=1S/C27H26FN5O3.C23H19FN4O3.C21H21FN6O2/c1-17-16-33-25(31-17)21(18-2-4-19(5-3-18)26(34)32-9-12-35-13-10-32)14-29-27(33)30-15-22-20-8-11-36-24(20)7-6-23(22)28;1-13-12-28-21(27-13)17(14-2-4-15(5-3-14)22(29)30)10-25-23(28)26-11-18-16-8-9-31-20(16)7-6-19(18)24;1-13-11-28-20(26-13)16(14-8-25-27(12-14)5-6-29)9-23-21(28)24-10-17-15-4-7-30-19(15)3-2-18(17)22/h2-7,14,16H,8-13,15H2,1H3,(H,29,30);2-7,10,12H,8-9,11H2,1H3,(H,25,26)(H,29,30);2-3,8-9,11-12,29H,4-7,10H2,1H3,(H,23,24). The smallest absolute Gasteiger partial charge is 0.335 e. The number of nitrogens with one attached hydrogen (secondary N) is 3. The molecule has 4 aliphatic heterocycles. The fourth-order valence-electron chi connectivity index (χ4n) is 12.6. The average Bonchev–Trinajstić information content (AvgIpc) is 1.70. The van der Waals surface area contributed by atoms with Gasteiger partial charge in [0.15, 0.2) is 0 Å². The highest BCUT2D eigenvalue weighted by atomic mass is 19.1. The summed E-state index contributed by atoms with van der Waals surface area (Å²) < 4.78 is 72.8. The molecule has 0 bridgehead atoms. The Kier molecular flexibility index (Phi) is 17.6. The molecule has 0 aliphatic carbocycles. The number of benzene rings is 5. The lowest BCUT2D eigenvalue weighted by atomic mass is 10.0. The fraction of sp³-hybridized carbons (Fsp3) is 0.254. The number of morpholine rings is 1. The summed E-state index contributed by atoms with van der Waals surface area (Å²) in [6, 6.07) is 23.5. The van der Waals surface area contributed by atoms with E-state index in [-0.39, 0.29) is 48.6 Å². The molecule has 0 atom stereocenters. The van der Waals surface area contributed by atoms with E-state index in [1.807, 2.05) is 87.9 Å². The van der Waals surface area contributed by atoms with Gasteiger partial charge in [0.05, 0.1) is 75.0 Å². The molecular formula is C71H66F3N15O8. The van der Waals surface area contributed by atoms with Gasteiger partial charge in [-0.1, -0.05) is 24.3 Å². The van der Waals surface area contributed by atoms with E-state index in [9.17, 15) is 22.8 Å². The number of carbonyl (C=O) groups is 2. The Balaban J connectivity index is 0.000000125. The van der Waals surface area contributed by atoms with Gasteiger partial charge in [-0.25, -0.2) is 47.9 Å². The molecule has 12 aromatic rings. The van der Waals surface area contributed by atoms with Gasteiger partial charge < -0.3 is 50.0 Å². The van der Waals surface area contributed by atoms with Crippen LogP contribution in [-0.4, -0.2) is 133 Å². The van der Waals surface area contributed by atoms with E-state index >= 15 is 0 Å². The second kappa shape index (κ2) is 27.2. The van der Waals surface area contributed by atoms with Crippen LogP contribution in [0.2, 0.25) is 0 Å². The van der Waals surface area contributed by atoms with E-state index in [1.54, 1.807) is 71.9 Å². The summed E-state index contributed by atoms with van der Waals surface area (Å²) in [6.45, 7) is 11.1. The van der Waals surface area contributed by atoms with E-state index < -0.39 is 5.97 Å². The number of ether oxygens (including phenoxy) is 4. The van der Waals surface area contributed by atoms with Crippen molar-refractivity contribution in [2.45, 2.75) is 66.2 Å². The second-order valence-corrected chi connectivity index (χ2v) is 23.7. The summed E-state index contributed by atoms with van der Waals surface area (Å²) in [5.74, 6) is 2.17. The third kappa shape index (κ3) is 12.9. The Morgan fingerprint density at radius 3 is 1.28 bits per heavy atom. The quantitative estimate of drug-likeness (QED) is 0.0602. The number of aromatic carboxylic acids is 1. The molecule has 5 N–H and O–H groups in total. The molecule has 11 heterocycles. The van der Waals surface area contributed by atoms with Crippen LogP contribution in [0.4, 0.5) is 31.0 Å². The number of imidazole rings is 3. The maximum atomic E-state index is 14.6. The van der Waals surface area contributed by atoms with Gasteiger partial charge in [-0.05, 0) is 92.6 Å². The molecule has 23 nitrogen and oxygen atoms in total. The van der Waals surface area contributed by atoms with Gasteiger partial charge in [-0.15, -0.1) is 0 Å². The van der Waals surface area contributed by atoms with Gasteiger partial charge in [0.2, 0.25) is 17.8 Å². The third-order valence-electron chi connectivity index (χ3n) is 17.4. The van der Waals surface area contributed by atoms with Crippen LogP contribution in [-0.2, 0) is 50.2 Å². The summed E-state index contributed by atoms with van der Waals surface area (Å²) in [6.07, 6.45) is 16.5. The summed E-state index contributed by atoms with van der Waals surface area (Å²) in [5.41, 5.74) is 15.0. The van der Waals surface area contributed by atoms with Crippen LogP contribution in [0.1, 0.15) is 71.2 Å². The number of aryl methyl sites for hydroxylation is 3. The van der Waals surface area contributed by atoms with Crippen molar-refractivity contribution in [3.63, 3.8) is 0 Å². The van der Waals surface area contributed by atoms with E-state index in [0.29, 0.717) is 124 Å². The van der Waals surface area contributed by atoms with Crippen LogP contribution >= 0.6 is 0 Å². The number of nitrogens with zero attached hydrogens (tertiary/aromatic N) is 12. The number of fused-ring (bicyclic) bond motifs is 6. The lowest BCUT2D eigenvalue weighted by Gasteiger charge is -2.26. The molecule has 5 aromatic carbocycles. The van der Waals surface area contributed by atoms with Crippen LogP contribution in [0.3, 0.4) is 0 Å². The van der Waals surface area contributed by atoms with Gasteiger partial charge in [0.1, 0.15) is 51.6 Å². The Morgan fingerprint density at radius 2 is 0.887 bits per heavy atom. The molecule has 0 unspecified atom stereocenters. The predicted molar refractivity (Wildman–Crippen MR) is 355 cm³/mol. The predicted octanol–water partition coefficient (Wildman–Crippen LogP) is 10.5. The first-order valence-electron chi connectivity index (χ1n) is 31.7. The monoisotopic (exact) mass is 1310 g/mol. The molecular weight excluding hydrogens is 1250 g/mol. The highest BCUT2D eigenvalue weighted by molar-refractivity contribution is 5.95. The summed E-state index contributed by atoms with van der Waals surface area (Å²) in [4.78, 5) is 53.4. The Bertz CT molecular complexity index is 4970. The van der Waals surface area contributed by atoms with Gasteiger partial charge in [-0.2, -0.15) is 5.10 Å². The molecule has 494 valence electrons. The summed E-state index contributed by atoms with van der Waals surface area (Å²) >= 11 is 0. The van der Waals surface area contributed by atoms with Gasteiger partial charge >= 0.3 is 5.97 Å². The number of halogens is 3. The van der Waals surface area contributed by atoms with Crippen molar-refractivity contribution in [2.75, 3.05) is 68.7 Å². The van der Waals surface area contributed by atoms with Crippen molar-refractivity contribution in [2.24, 2.45) is 0 Å². The topological polar surface area (TPSA) is 259 Å². The number of aliphatic hydroxyl groups is 1. The molecule has 97 heavy (non-hydrogen) atoms. The van der Waals surface area contributed by atoms with E-state index in [2.05, 4.69) is 46.0 Å². The van der Waals surface area contributed by atoms with Crippen LogP contribution in [0, 0.1) is 38.2 Å². The van der Waals surface area contributed by atoms with Crippen molar-refractivity contribution < 1.29 is 51.9 Å². The Labute approximate surface area is 553 Å². The van der Waals surface area contributed by atoms with E-state index in [4.69, 9.17) is 34.1 Å². The minimum absolute atomic E-state index is 0.00866. The van der Waals surface area contributed by atoms with Crippen LogP contribution in [0.25, 0.3) is 50.3 Å². The second-order valence-electron chi connectivity index (χ2n) is 23.7. The number of carbonyl (C=O) groups excluding carboxylic acids is 1. The maximum Gasteiger partial charge on any atom is 0.335 e. The van der Waals surface area contributed by atoms with Crippen molar-refractivity contribution in [1.82, 2.24) is 57.8 Å². The highest BCUT2D eigenvalue weighted by Gasteiger charge is 2.25. The first kappa shape index (κ1) is 63.0. The summed E-state index contributed by atoms with van der Waals surface area (Å²) in [5, 5.41) is 32.3. The molecule has 0 saturated carbocycles. The van der Waals surface area contributed by atoms with E-state index in [1.165, 1.54) is 18.2 Å². The Morgan fingerprint density at radius 1 is 0.495 bits per heavy atom. The molecule has 7 aromatic heterocycles. The van der Waals surface area contributed by atoms with Crippen molar-refractivity contribution in [1.29, 1.82) is 0 Å². The molecule has 1 amide bonds. The number of amides is 1. The largest absolute Gasteiger partial charge is 0.493 e. The number of carboxylic acids is 1. The number of hydrogen-bond acceptors (Lipinski definition) is 17. The summed E-state index contributed by atoms with van der Waals surface area (Å²) in [7, 11) is 0. The average molecular weight is 1310 g/mol. The van der Waals surface area contributed by atoms with Crippen molar-refractivity contribution in [3.8, 4) is 50.6 Å². The molecule has 16 rings (SSSR count). The normalized spacial score (nSPS) is 13.6. The first-order valence-corrected chi connectivity index (χ1v) is 31.7. The number of rotatable bonds is 16. The molecule has 26 heteroatoms. The Hall–Kier alpha value is -11.4. The first-order chi connectivity index (χ1) is 47.2. The van der Waals surface area contributed by atoms with Crippen molar-refractivity contribution in [3.05, 3.63) is 214 Å². The minimum Gasteiger partial charge on any atom is -0.493 e. The number of hydrogen-bond donors (Lipinski definition) is 5. The SMILES string of the molecule is Cc1cn2c(NCc3c(F)ccc4c3CCO4)ncc(-c3ccc(C(=O)N4CCOCC4)cc3)c2n1.Cc1cn2c(NCc3c(F)ccc4c3CCO4)ncc(-c3ccc(C(=O)O)cc3)c2n1.Cc1cn2c(NCc3c(F)ccc4c3CCO4)ncc(-c3cnn(CCO)c3)c2n1. The zero-order valence-corrected chi connectivity index (χ0v) is 53.2. The minimum atomic E-state index is -0.976. The van der Waals surface area contributed by atoms with Crippen molar-refractivity contribution >= 4 is 46.7 Å². The zero-order valence-electron chi connectivity index (χ0n) is 53.2. The fourth-order valence-corrected chi connectivity index (χ4v) is 12.6. The van der Waals surface area contributed by atoms with Gasteiger partial charge in [-0.3, -0.25) is 22.7 Å². The lowest BCUT2D eigenvalue weighted by molar-refractivity contribution is 0.0303. The lowest BCUT2D eigenvalue weighted by Crippen LogP contribution is -2.40. The maximum absolute atomic E-state index is 14.6. The number of aromatic nitrogens is 11. The van der Waals surface area contributed by atoms with Crippen LogP contribution < -0.4 is 30.2 Å². The van der Waals surface area contributed by atoms with Crippen LogP contribution in [0.5, 0.6) is 17.2 Å².